The molecule has 0 heterocycles. The number of Topliss-reactive ketones (excluding diaryl/α,β-unsaturated/α-hetero) is 1. The van der Waals surface area contributed by atoms with Crippen molar-refractivity contribution in [3.8, 4) is 0 Å². The van der Waals surface area contributed by atoms with E-state index in [1.165, 1.54) is 0 Å². The summed E-state index contributed by atoms with van der Waals surface area (Å²) in [6.07, 6.45) is 2.06. The fraction of sp³-hybridized carbons (Fsp3) is 0.900. The zero-order valence-corrected chi connectivity index (χ0v) is 13.0. The molecule has 2 bridgehead atoms. The number of ketones is 1. The van der Waals surface area contributed by atoms with Gasteiger partial charge in [0.05, 0.1) is 4.32 Å². The Morgan fingerprint density at radius 2 is 2.00 bits per heavy atom. The van der Waals surface area contributed by atoms with Crippen LogP contribution in [0.25, 0.3) is 0 Å². The van der Waals surface area contributed by atoms with Crippen molar-refractivity contribution < 1.29 is 4.79 Å². The fourth-order valence-corrected chi connectivity index (χ4v) is 7.27. The molecule has 0 aromatic carbocycles. The average Bonchev–Trinajstić information content (AvgIpc) is 2.45. The van der Waals surface area contributed by atoms with E-state index >= 15 is 0 Å². The molecule has 2 fully saturated rings. The van der Waals surface area contributed by atoms with E-state index in [1.54, 1.807) is 0 Å². The molecule has 2 rings (SSSR count). The van der Waals surface area contributed by atoms with Crippen molar-refractivity contribution in [3.63, 3.8) is 0 Å². The Hall–Kier alpha value is 1.11. The van der Waals surface area contributed by atoms with Crippen LogP contribution in [0.1, 0.15) is 26.7 Å². The van der Waals surface area contributed by atoms with Gasteiger partial charge in [-0.3, -0.25) is 4.79 Å². The molecule has 2 saturated carbocycles. The van der Waals surface area contributed by atoms with Crippen molar-refractivity contribution in [1.29, 1.82) is 0 Å². The third-order valence-corrected chi connectivity index (χ3v) is 8.74. The van der Waals surface area contributed by atoms with E-state index in [0.29, 0.717) is 5.78 Å². The summed E-state index contributed by atoms with van der Waals surface area (Å²) in [5.41, 5.74) is -0.153. The SMILES string of the molecule is CC1(C)C(=O)[C@@]2(Br)CC[C@]1(CBr)[C@@H]2Br. The molecular weight excluding hydrogens is 376 g/mol. The van der Waals surface area contributed by atoms with Gasteiger partial charge >= 0.3 is 0 Å². The molecule has 2 aliphatic rings. The molecule has 2 aliphatic carbocycles. The smallest absolute Gasteiger partial charge is 0.156 e. The van der Waals surface area contributed by atoms with Gasteiger partial charge in [0.15, 0.2) is 5.78 Å². The standard InChI is InChI=1S/C10H13Br3O/c1-8(2)7(14)10(13)4-3-9(8,5-11)6(10)12/h6H,3-5H2,1-2H3/t6-,9-,10+/m0/s1. The van der Waals surface area contributed by atoms with Gasteiger partial charge in [0, 0.05) is 21.0 Å². The average molecular weight is 389 g/mol. The maximum absolute atomic E-state index is 12.3. The summed E-state index contributed by atoms with van der Waals surface area (Å²) in [6.45, 7) is 4.15. The predicted octanol–water partition coefficient (Wildman–Crippen LogP) is 3.67. The van der Waals surface area contributed by atoms with Crippen LogP contribution in [-0.2, 0) is 4.79 Å². The second kappa shape index (κ2) is 3.07. The molecule has 3 atom stereocenters. The Morgan fingerprint density at radius 3 is 2.29 bits per heavy atom. The van der Waals surface area contributed by atoms with E-state index in [9.17, 15) is 4.79 Å². The molecule has 0 N–H and O–H groups in total. The Labute approximate surface area is 110 Å². The summed E-state index contributed by atoms with van der Waals surface area (Å²) in [4.78, 5) is 12.5. The number of alkyl halides is 3. The second-order valence-corrected chi connectivity index (χ2v) is 7.86. The number of hydrogen-bond acceptors (Lipinski definition) is 1. The maximum Gasteiger partial charge on any atom is 0.156 e. The summed E-state index contributed by atoms with van der Waals surface area (Å²) in [5, 5.41) is 0.891. The van der Waals surface area contributed by atoms with Gasteiger partial charge in [-0.25, -0.2) is 0 Å². The van der Waals surface area contributed by atoms with Crippen molar-refractivity contribution in [1.82, 2.24) is 0 Å². The zero-order valence-electron chi connectivity index (χ0n) is 8.24. The first kappa shape index (κ1) is 11.6. The van der Waals surface area contributed by atoms with Crippen molar-refractivity contribution in [3.05, 3.63) is 0 Å². The van der Waals surface area contributed by atoms with Gasteiger partial charge in [0.1, 0.15) is 0 Å². The van der Waals surface area contributed by atoms with Crippen LogP contribution in [0, 0.1) is 10.8 Å². The van der Waals surface area contributed by atoms with Crippen LogP contribution in [0.3, 0.4) is 0 Å². The highest BCUT2D eigenvalue weighted by molar-refractivity contribution is 9.13. The third kappa shape index (κ3) is 0.988. The summed E-state index contributed by atoms with van der Waals surface area (Å²) < 4.78 is -0.315. The van der Waals surface area contributed by atoms with E-state index in [1.807, 2.05) is 0 Å². The van der Waals surface area contributed by atoms with Gasteiger partial charge in [0.2, 0.25) is 0 Å². The molecule has 0 spiro atoms. The van der Waals surface area contributed by atoms with Crippen LogP contribution in [-0.4, -0.2) is 20.3 Å². The van der Waals surface area contributed by atoms with Gasteiger partial charge in [-0.1, -0.05) is 61.6 Å². The number of fused-ring (bicyclic) bond motifs is 2. The molecule has 1 nitrogen and oxygen atoms in total. The van der Waals surface area contributed by atoms with Crippen LogP contribution in [0.5, 0.6) is 0 Å². The Morgan fingerprint density at radius 1 is 1.43 bits per heavy atom. The minimum atomic E-state index is -0.315. The molecule has 0 aromatic rings. The van der Waals surface area contributed by atoms with Crippen molar-refractivity contribution in [2.24, 2.45) is 10.8 Å². The van der Waals surface area contributed by atoms with Crippen molar-refractivity contribution in [2.75, 3.05) is 5.33 Å². The fourth-order valence-electron chi connectivity index (χ4n) is 3.00. The van der Waals surface area contributed by atoms with Gasteiger partial charge in [-0.2, -0.15) is 0 Å². The molecule has 0 unspecified atom stereocenters. The highest BCUT2D eigenvalue weighted by atomic mass is 79.9. The largest absolute Gasteiger partial charge is 0.297 e. The topological polar surface area (TPSA) is 17.1 Å². The zero-order chi connectivity index (χ0) is 10.8. The Bertz CT molecular complexity index is 302. The lowest BCUT2D eigenvalue weighted by Gasteiger charge is -2.40. The normalized spacial score (nSPS) is 50.1. The van der Waals surface area contributed by atoms with Crippen molar-refractivity contribution >= 4 is 53.6 Å². The summed E-state index contributed by atoms with van der Waals surface area (Å²) in [7, 11) is 0. The summed E-state index contributed by atoms with van der Waals surface area (Å²) in [5.74, 6) is 0.359. The molecule has 0 aliphatic heterocycles. The first-order valence-electron chi connectivity index (χ1n) is 4.77. The van der Waals surface area contributed by atoms with Gasteiger partial charge in [-0.05, 0) is 12.8 Å². The Kier molecular flexibility index (Phi) is 2.54. The lowest BCUT2D eigenvalue weighted by molar-refractivity contribution is -0.131. The second-order valence-electron chi connectivity index (χ2n) is 4.97. The lowest BCUT2D eigenvalue weighted by Crippen LogP contribution is -2.43. The molecule has 80 valence electrons. The van der Waals surface area contributed by atoms with E-state index in [4.69, 9.17) is 0 Å². The predicted molar refractivity (Wildman–Crippen MR) is 68.6 cm³/mol. The molecule has 4 heteroatoms. The molecule has 0 aromatic heterocycles. The lowest BCUT2D eigenvalue weighted by atomic mass is 9.65. The van der Waals surface area contributed by atoms with Crippen LogP contribution in [0.2, 0.25) is 0 Å². The Balaban J connectivity index is 2.58. The maximum atomic E-state index is 12.3. The highest BCUT2D eigenvalue weighted by Crippen LogP contribution is 2.69. The molecule has 0 saturated heterocycles. The minimum Gasteiger partial charge on any atom is -0.297 e. The highest BCUT2D eigenvalue weighted by Gasteiger charge is 2.73. The molecule has 0 radical (unpaired) electrons. The van der Waals surface area contributed by atoms with E-state index in [2.05, 4.69) is 61.6 Å². The number of hydrogen-bond donors (Lipinski definition) is 0. The molecule has 14 heavy (non-hydrogen) atoms. The van der Waals surface area contributed by atoms with E-state index in [0.717, 1.165) is 18.2 Å². The summed E-state index contributed by atoms with van der Waals surface area (Å²) >= 11 is 11.0. The van der Waals surface area contributed by atoms with Gasteiger partial charge < -0.3 is 0 Å². The molecular formula is C10H13Br3O. The minimum absolute atomic E-state index is 0.0770. The van der Waals surface area contributed by atoms with Crippen LogP contribution >= 0.6 is 47.8 Å². The van der Waals surface area contributed by atoms with Crippen LogP contribution in [0.4, 0.5) is 0 Å². The third-order valence-electron chi connectivity index (χ3n) is 4.25. The van der Waals surface area contributed by atoms with Crippen LogP contribution < -0.4 is 0 Å². The number of carbonyl (C=O) groups is 1. The number of halogens is 3. The molecule has 0 amide bonds. The van der Waals surface area contributed by atoms with E-state index < -0.39 is 0 Å². The first-order valence-corrected chi connectivity index (χ1v) is 7.60. The van der Waals surface area contributed by atoms with Gasteiger partial charge in [-0.15, -0.1) is 0 Å². The van der Waals surface area contributed by atoms with Crippen LogP contribution in [0.15, 0.2) is 0 Å². The first-order chi connectivity index (χ1) is 6.33. The number of rotatable bonds is 1. The van der Waals surface area contributed by atoms with Crippen molar-refractivity contribution in [2.45, 2.75) is 35.8 Å². The summed E-state index contributed by atoms with van der Waals surface area (Å²) in [6, 6.07) is 0. The number of carbonyl (C=O) groups excluding carboxylic acids is 1. The van der Waals surface area contributed by atoms with Gasteiger partial charge in [0.25, 0.3) is 0 Å². The van der Waals surface area contributed by atoms with E-state index in [-0.39, 0.29) is 20.0 Å². The monoisotopic (exact) mass is 386 g/mol. The quantitative estimate of drug-likeness (QED) is 0.626.